The predicted molar refractivity (Wildman–Crippen MR) is 90.5 cm³/mol. The summed E-state index contributed by atoms with van der Waals surface area (Å²) in [5.41, 5.74) is 6.10. The van der Waals surface area contributed by atoms with Gasteiger partial charge in [-0.3, -0.25) is 4.99 Å². The van der Waals surface area contributed by atoms with Crippen LogP contribution in [0.15, 0.2) is 4.99 Å². The first kappa shape index (κ1) is 16.6. The van der Waals surface area contributed by atoms with Gasteiger partial charge in [-0.2, -0.15) is 0 Å². The Labute approximate surface area is 130 Å². The predicted octanol–water partition coefficient (Wildman–Crippen LogP) is 2.55. The van der Waals surface area contributed by atoms with Crippen molar-refractivity contribution in [3.8, 4) is 0 Å². The largest absolute Gasteiger partial charge is 0.370 e. The van der Waals surface area contributed by atoms with Gasteiger partial charge in [-0.05, 0) is 63.5 Å². The molecule has 2 rings (SSSR count). The Balaban J connectivity index is 1.57. The minimum atomic E-state index is 0.772. The van der Waals surface area contributed by atoms with Crippen molar-refractivity contribution >= 4 is 5.96 Å². The van der Waals surface area contributed by atoms with Crippen molar-refractivity contribution in [2.24, 2.45) is 22.6 Å². The Morgan fingerprint density at radius 3 is 2.52 bits per heavy atom. The van der Waals surface area contributed by atoms with E-state index in [1.54, 1.807) is 0 Å². The molecule has 0 aromatic rings. The molecule has 2 fully saturated rings. The normalized spacial score (nSPS) is 26.3. The molecule has 0 radical (unpaired) electrons. The number of aliphatic imine (C=N–C) groups is 1. The number of unbranched alkanes of at least 4 members (excludes halogenated alkanes) is 1. The first-order valence-electron chi connectivity index (χ1n) is 8.92. The summed E-state index contributed by atoms with van der Waals surface area (Å²) in [6, 6.07) is 0. The van der Waals surface area contributed by atoms with Crippen LogP contribution in [0.5, 0.6) is 0 Å². The topological polar surface area (TPSA) is 44.9 Å². The molecule has 0 spiro atoms. The van der Waals surface area contributed by atoms with E-state index < -0.39 is 0 Å². The molecule has 1 unspecified atom stereocenters. The minimum Gasteiger partial charge on any atom is -0.370 e. The second kappa shape index (κ2) is 8.62. The number of piperidine rings is 2. The van der Waals surface area contributed by atoms with E-state index in [-0.39, 0.29) is 0 Å². The molecule has 2 aliphatic rings. The van der Waals surface area contributed by atoms with Crippen molar-refractivity contribution in [3.05, 3.63) is 0 Å². The molecular weight excluding hydrogens is 260 g/mol. The van der Waals surface area contributed by atoms with Crippen molar-refractivity contribution < 1.29 is 0 Å². The zero-order valence-corrected chi connectivity index (χ0v) is 14.1. The maximum Gasteiger partial charge on any atom is 0.191 e. The summed E-state index contributed by atoms with van der Waals surface area (Å²) < 4.78 is 0. The number of likely N-dealkylation sites (tertiary alicyclic amines) is 2. The van der Waals surface area contributed by atoms with Gasteiger partial charge >= 0.3 is 0 Å². The van der Waals surface area contributed by atoms with Gasteiger partial charge in [0, 0.05) is 26.2 Å². The third kappa shape index (κ3) is 5.85. The Kier molecular flexibility index (Phi) is 6.81. The Morgan fingerprint density at radius 2 is 1.81 bits per heavy atom. The molecule has 0 saturated carbocycles. The van der Waals surface area contributed by atoms with E-state index in [0.717, 1.165) is 43.9 Å². The summed E-state index contributed by atoms with van der Waals surface area (Å²) in [6.45, 7) is 11.6. The van der Waals surface area contributed by atoms with Gasteiger partial charge in [0.2, 0.25) is 0 Å². The average molecular weight is 294 g/mol. The van der Waals surface area contributed by atoms with Crippen LogP contribution in [0.1, 0.15) is 52.4 Å². The van der Waals surface area contributed by atoms with Gasteiger partial charge in [0.15, 0.2) is 5.96 Å². The van der Waals surface area contributed by atoms with Crippen LogP contribution in [0.25, 0.3) is 0 Å². The van der Waals surface area contributed by atoms with Gasteiger partial charge < -0.3 is 15.5 Å². The van der Waals surface area contributed by atoms with Crippen LogP contribution >= 0.6 is 0 Å². The monoisotopic (exact) mass is 294 g/mol. The maximum atomic E-state index is 6.10. The first-order valence-corrected chi connectivity index (χ1v) is 8.92. The lowest BCUT2D eigenvalue weighted by molar-refractivity contribution is 0.181. The number of guanidine groups is 1. The van der Waals surface area contributed by atoms with E-state index in [4.69, 9.17) is 5.73 Å². The first-order chi connectivity index (χ1) is 10.1. The molecule has 0 bridgehead atoms. The Bertz CT molecular complexity index is 321. The van der Waals surface area contributed by atoms with Crippen LogP contribution in [0.3, 0.4) is 0 Å². The van der Waals surface area contributed by atoms with E-state index in [0.29, 0.717) is 0 Å². The highest BCUT2D eigenvalue weighted by Crippen LogP contribution is 2.16. The molecule has 0 aliphatic carbocycles. The van der Waals surface area contributed by atoms with Crippen LogP contribution < -0.4 is 5.73 Å². The number of hydrogen-bond acceptors (Lipinski definition) is 2. The zero-order valence-electron chi connectivity index (χ0n) is 14.1. The molecule has 0 amide bonds. The molecule has 2 aliphatic heterocycles. The van der Waals surface area contributed by atoms with Crippen LogP contribution in [-0.4, -0.2) is 55.0 Å². The van der Waals surface area contributed by atoms with Crippen LogP contribution in [0.4, 0.5) is 0 Å². The highest BCUT2D eigenvalue weighted by Gasteiger charge is 2.17. The number of hydrogen-bond donors (Lipinski definition) is 1. The highest BCUT2D eigenvalue weighted by molar-refractivity contribution is 5.78. The molecule has 122 valence electrons. The van der Waals surface area contributed by atoms with Crippen LogP contribution in [-0.2, 0) is 0 Å². The third-order valence-corrected chi connectivity index (χ3v) is 5.01. The number of rotatable bonds is 5. The molecule has 2 N–H and O–H groups in total. The van der Waals surface area contributed by atoms with Gasteiger partial charge in [0.05, 0.1) is 0 Å². The smallest absolute Gasteiger partial charge is 0.191 e. The second-order valence-corrected chi connectivity index (χ2v) is 7.16. The lowest BCUT2D eigenvalue weighted by Crippen LogP contribution is -2.42. The highest BCUT2D eigenvalue weighted by atomic mass is 15.3. The van der Waals surface area contributed by atoms with Gasteiger partial charge in [-0.1, -0.05) is 13.8 Å². The summed E-state index contributed by atoms with van der Waals surface area (Å²) in [6.07, 6.45) is 7.70. The standard InChI is InChI=1S/C17H34N4/c1-15-7-12-21(13-8-15)17(18)19-9-3-4-10-20-11-5-6-16(2)14-20/h15-16H,3-14H2,1-2H3,(H2,18,19). The fourth-order valence-electron chi connectivity index (χ4n) is 3.47. The van der Waals surface area contributed by atoms with E-state index in [1.807, 2.05) is 0 Å². The SMILES string of the molecule is CC1CCN(C(N)=NCCCCN2CCCC(C)C2)CC1. The fraction of sp³-hybridized carbons (Fsp3) is 0.941. The lowest BCUT2D eigenvalue weighted by atomic mass is 10.00. The molecule has 2 heterocycles. The van der Waals surface area contributed by atoms with E-state index in [1.165, 1.54) is 51.7 Å². The van der Waals surface area contributed by atoms with E-state index in [9.17, 15) is 0 Å². The zero-order chi connectivity index (χ0) is 15.1. The summed E-state index contributed by atoms with van der Waals surface area (Å²) >= 11 is 0. The minimum absolute atomic E-state index is 0.772. The lowest BCUT2D eigenvalue weighted by Gasteiger charge is -2.31. The molecule has 2 saturated heterocycles. The average Bonchev–Trinajstić information content (AvgIpc) is 2.47. The number of nitrogens with zero attached hydrogens (tertiary/aromatic N) is 3. The summed E-state index contributed by atoms with van der Waals surface area (Å²) in [4.78, 5) is 9.45. The Hall–Kier alpha value is -0.770. The fourth-order valence-corrected chi connectivity index (χ4v) is 3.47. The molecule has 0 aromatic carbocycles. The molecule has 4 nitrogen and oxygen atoms in total. The summed E-state index contributed by atoms with van der Waals surface area (Å²) in [7, 11) is 0. The van der Waals surface area contributed by atoms with Crippen molar-refractivity contribution in [3.63, 3.8) is 0 Å². The summed E-state index contributed by atoms with van der Waals surface area (Å²) in [5, 5.41) is 0. The van der Waals surface area contributed by atoms with E-state index in [2.05, 4.69) is 28.6 Å². The van der Waals surface area contributed by atoms with Crippen molar-refractivity contribution in [2.45, 2.75) is 52.4 Å². The maximum absolute atomic E-state index is 6.10. The molecule has 4 heteroatoms. The van der Waals surface area contributed by atoms with Gasteiger partial charge in [0.25, 0.3) is 0 Å². The van der Waals surface area contributed by atoms with Gasteiger partial charge in [-0.15, -0.1) is 0 Å². The molecule has 1 atom stereocenters. The van der Waals surface area contributed by atoms with E-state index >= 15 is 0 Å². The Morgan fingerprint density at radius 1 is 1.05 bits per heavy atom. The summed E-state index contributed by atoms with van der Waals surface area (Å²) in [5.74, 6) is 2.50. The molecule has 21 heavy (non-hydrogen) atoms. The van der Waals surface area contributed by atoms with Crippen molar-refractivity contribution in [1.82, 2.24) is 9.80 Å². The van der Waals surface area contributed by atoms with Gasteiger partial charge in [0.1, 0.15) is 0 Å². The number of nitrogens with two attached hydrogens (primary N) is 1. The van der Waals surface area contributed by atoms with Crippen LogP contribution in [0.2, 0.25) is 0 Å². The van der Waals surface area contributed by atoms with Gasteiger partial charge in [-0.25, -0.2) is 0 Å². The third-order valence-electron chi connectivity index (χ3n) is 5.01. The quantitative estimate of drug-likeness (QED) is 0.481. The van der Waals surface area contributed by atoms with Crippen molar-refractivity contribution in [2.75, 3.05) is 39.3 Å². The van der Waals surface area contributed by atoms with Crippen molar-refractivity contribution in [1.29, 1.82) is 0 Å². The van der Waals surface area contributed by atoms with Crippen LogP contribution in [0, 0.1) is 11.8 Å². The molecular formula is C17H34N4. The second-order valence-electron chi connectivity index (χ2n) is 7.16. The molecule has 0 aromatic heterocycles.